The molecule has 7 unspecified atom stereocenters. The molecule has 0 spiro atoms. The van der Waals surface area contributed by atoms with Gasteiger partial charge in [0.2, 0.25) is 6.29 Å². The van der Waals surface area contributed by atoms with Crippen LogP contribution in [0.15, 0.2) is 36.4 Å². The highest BCUT2D eigenvalue weighted by Gasteiger charge is 2.45. The predicted molar refractivity (Wildman–Crippen MR) is 129 cm³/mol. The third kappa shape index (κ3) is 5.14. The van der Waals surface area contributed by atoms with Crippen molar-refractivity contribution in [3.8, 4) is 23.0 Å². The molecule has 0 bridgehead atoms. The zero-order valence-corrected chi connectivity index (χ0v) is 20.3. The molecule has 11 heteroatoms. The zero-order valence-electron chi connectivity index (χ0n) is 20.3. The maximum Gasteiger partial charge on any atom is 0.229 e. The molecule has 4 rings (SSSR count). The van der Waals surface area contributed by atoms with Crippen LogP contribution in [0, 0.1) is 0 Å². The van der Waals surface area contributed by atoms with Gasteiger partial charge in [-0.15, -0.1) is 0 Å². The lowest BCUT2D eigenvalue weighted by Gasteiger charge is -2.39. The van der Waals surface area contributed by atoms with Crippen LogP contribution in [0.1, 0.15) is 28.7 Å². The molecule has 2 aromatic rings. The normalized spacial score (nSPS) is 29.0. The second kappa shape index (κ2) is 11.5. The number of fused-ring (bicyclic) bond motifs is 1. The van der Waals surface area contributed by atoms with Gasteiger partial charge in [0.25, 0.3) is 0 Å². The van der Waals surface area contributed by atoms with E-state index < -0.39 is 49.3 Å². The van der Waals surface area contributed by atoms with E-state index in [1.165, 1.54) is 20.3 Å². The molecule has 37 heavy (non-hydrogen) atoms. The van der Waals surface area contributed by atoms with E-state index in [1.807, 2.05) is 6.07 Å². The van der Waals surface area contributed by atoms with Crippen molar-refractivity contribution < 1.29 is 54.0 Å². The second-order valence-electron chi connectivity index (χ2n) is 8.69. The van der Waals surface area contributed by atoms with Crippen LogP contribution in [0.25, 0.3) is 6.08 Å². The number of hydrogen-bond acceptors (Lipinski definition) is 11. The number of hydrogen-bond donors (Lipinski definition) is 5. The minimum absolute atomic E-state index is 0.172. The molecular weight excluding hydrogens is 488 g/mol. The number of carbonyl (C=O) groups is 1. The number of ether oxygens (including phenoxy) is 5. The summed E-state index contributed by atoms with van der Waals surface area (Å²) in [5.41, 5.74) is 2.09. The van der Waals surface area contributed by atoms with E-state index in [9.17, 15) is 30.3 Å². The quantitative estimate of drug-likeness (QED) is 0.229. The second-order valence-corrected chi connectivity index (χ2v) is 8.69. The lowest BCUT2D eigenvalue weighted by molar-refractivity contribution is -0.277. The van der Waals surface area contributed by atoms with Crippen LogP contribution in [0.3, 0.4) is 0 Å². The SMILES string of the molecule is COc1cc(C2Oc3c(OC)cc(C=CC=O)cc3C2CO)ccc1OC1OC(CO)C(O)C(O)C1O. The van der Waals surface area contributed by atoms with Crippen LogP contribution in [0.5, 0.6) is 23.0 Å². The Morgan fingerprint density at radius 2 is 1.68 bits per heavy atom. The molecule has 1 saturated heterocycles. The first-order valence-corrected chi connectivity index (χ1v) is 11.6. The molecule has 2 aliphatic heterocycles. The van der Waals surface area contributed by atoms with E-state index in [-0.39, 0.29) is 18.1 Å². The fourth-order valence-corrected chi connectivity index (χ4v) is 4.56. The van der Waals surface area contributed by atoms with E-state index >= 15 is 0 Å². The van der Waals surface area contributed by atoms with E-state index in [0.29, 0.717) is 28.9 Å². The van der Waals surface area contributed by atoms with Gasteiger partial charge in [0, 0.05) is 5.56 Å². The maximum absolute atomic E-state index is 10.8. The monoisotopic (exact) mass is 518 g/mol. The Morgan fingerprint density at radius 3 is 2.32 bits per heavy atom. The number of methoxy groups -OCH3 is 2. The number of rotatable bonds is 9. The first-order valence-electron chi connectivity index (χ1n) is 11.6. The molecule has 11 nitrogen and oxygen atoms in total. The Hall–Kier alpha value is -3.19. The van der Waals surface area contributed by atoms with Gasteiger partial charge < -0.3 is 49.2 Å². The number of aldehydes is 1. The van der Waals surface area contributed by atoms with Crippen molar-refractivity contribution in [2.45, 2.75) is 42.7 Å². The van der Waals surface area contributed by atoms with Gasteiger partial charge in [-0.25, -0.2) is 0 Å². The van der Waals surface area contributed by atoms with E-state index in [0.717, 1.165) is 5.56 Å². The lowest BCUT2D eigenvalue weighted by atomic mass is 9.90. The van der Waals surface area contributed by atoms with E-state index in [1.54, 1.807) is 30.3 Å². The summed E-state index contributed by atoms with van der Waals surface area (Å²) in [6.45, 7) is -0.813. The minimum Gasteiger partial charge on any atom is -0.493 e. The van der Waals surface area contributed by atoms with Gasteiger partial charge in [-0.05, 0) is 41.5 Å². The average molecular weight is 519 g/mol. The standard InChI is InChI=1S/C26H30O11/c1-33-18-10-14(5-6-17(18)35-26-23(32)22(31)21(30)20(12-29)36-26)24-16(11-28)15-8-13(4-3-7-27)9-19(34-2)25(15)37-24/h3-10,16,20-24,26,28-32H,11-12H2,1-2H3. The summed E-state index contributed by atoms with van der Waals surface area (Å²) in [7, 11) is 2.92. The molecule has 2 aromatic carbocycles. The molecule has 0 aliphatic carbocycles. The molecular formula is C26H30O11. The highest BCUT2D eigenvalue weighted by molar-refractivity contribution is 5.75. The summed E-state index contributed by atoms with van der Waals surface area (Å²) >= 11 is 0. The van der Waals surface area contributed by atoms with Crippen molar-refractivity contribution in [2.75, 3.05) is 27.4 Å². The van der Waals surface area contributed by atoms with Crippen LogP contribution >= 0.6 is 0 Å². The van der Waals surface area contributed by atoms with Gasteiger partial charge in [0.05, 0.1) is 33.4 Å². The summed E-state index contributed by atoms with van der Waals surface area (Å²) in [6.07, 6.45) is -4.11. The van der Waals surface area contributed by atoms with Crippen molar-refractivity contribution in [3.05, 3.63) is 53.1 Å². The Morgan fingerprint density at radius 1 is 0.919 bits per heavy atom. The van der Waals surface area contributed by atoms with Crippen LogP contribution in [-0.4, -0.2) is 90.0 Å². The van der Waals surface area contributed by atoms with Gasteiger partial charge in [-0.1, -0.05) is 12.1 Å². The summed E-state index contributed by atoms with van der Waals surface area (Å²) in [5, 5.41) is 50.0. The molecule has 0 aromatic heterocycles. The average Bonchev–Trinajstić information content (AvgIpc) is 3.30. The topological polar surface area (TPSA) is 164 Å². The van der Waals surface area contributed by atoms with Gasteiger partial charge >= 0.3 is 0 Å². The van der Waals surface area contributed by atoms with Gasteiger partial charge in [0.15, 0.2) is 23.0 Å². The van der Waals surface area contributed by atoms with Crippen molar-refractivity contribution in [2.24, 2.45) is 0 Å². The highest BCUT2D eigenvalue weighted by Crippen LogP contribution is 2.51. The molecule has 1 fully saturated rings. The number of carbonyl (C=O) groups excluding carboxylic acids is 1. The fraction of sp³-hybridized carbons (Fsp3) is 0.423. The molecule has 2 aliphatic rings. The van der Waals surface area contributed by atoms with Crippen molar-refractivity contribution in [1.82, 2.24) is 0 Å². The molecule has 0 amide bonds. The zero-order chi connectivity index (χ0) is 26.7. The van der Waals surface area contributed by atoms with Gasteiger partial charge in [-0.2, -0.15) is 0 Å². The van der Waals surface area contributed by atoms with E-state index in [2.05, 4.69) is 0 Å². The summed E-state index contributed by atoms with van der Waals surface area (Å²) < 4.78 is 28.3. The number of aliphatic hydroxyl groups excluding tert-OH is 5. The van der Waals surface area contributed by atoms with Gasteiger partial charge in [-0.3, -0.25) is 4.79 Å². The third-order valence-electron chi connectivity index (χ3n) is 6.51. The summed E-state index contributed by atoms with van der Waals surface area (Å²) in [6, 6.07) is 8.46. The van der Waals surface area contributed by atoms with Crippen LogP contribution < -0.4 is 18.9 Å². The van der Waals surface area contributed by atoms with Crippen molar-refractivity contribution >= 4 is 12.4 Å². The molecule has 5 N–H and O–H groups in total. The number of allylic oxidation sites excluding steroid dienone is 1. The summed E-state index contributed by atoms with van der Waals surface area (Å²) in [4.78, 5) is 10.8. The summed E-state index contributed by atoms with van der Waals surface area (Å²) in [5.74, 6) is 0.919. The molecule has 200 valence electrons. The van der Waals surface area contributed by atoms with Crippen molar-refractivity contribution in [1.29, 1.82) is 0 Å². The Labute approximate surface area is 213 Å². The first kappa shape index (κ1) is 26.9. The molecule has 0 radical (unpaired) electrons. The molecule has 7 atom stereocenters. The maximum atomic E-state index is 10.8. The first-order chi connectivity index (χ1) is 17.9. The van der Waals surface area contributed by atoms with E-state index in [4.69, 9.17) is 23.7 Å². The Balaban J connectivity index is 1.62. The number of benzene rings is 2. The fourth-order valence-electron chi connectivity index (χ4n) is 4.56. The van der Waals surface area contributed by atoms with Gasteiger partial charge in [0.1, 0.15) is 36.8 Å². The third-order valence-corrected chi connectivity index (χ3v) is 6.51. The van der Waals surface area contributed by atoms with Crippen LogP contribution in [0.2, 0.25) is 0 Å². The predicted octanol–water partition coefficient (Wildman–Crippen LogP) is 0.304. The van der Waals surface area contributed by atoms with Crippen molar-refractivity contribution in [3.63, 3.8) is 0 Å². The largest absolute Gasteiger partial charge is 0.493 e. The smallest absolute Gasteiger partial charge is 0.229 e. The Bertz CT molecular complexity index is 1130. The lowest BCUT2D eigenvalue weighted by Crippen LogP contribution is -2.60. The Kier molecular flexibility index (Phi) is 8.32. The van der Waals surface area contributed by atoms with Crippen LogP contribution in [0.4, 0.5) is 0 Å². The highest BCUT2D eigenvalue weighted by atomic mass is 16.7. The minimum atomic E-state index is -1.59. The van der Waals surface area contributed by atoms with Crippen LogP contribution in [-0.2, 0) is 9.53 Å². The number of aliphatic hydroxyl groups is 5. The molecule has 2 heterocycles. The molecule has 0 saturated carbocycles.